The molecule has 2 aromatic carbocycles. The molecule has 1 unspecified atom stereocenters. The fourth-order valence-electron chi connectivity index (χ4n) is 4.14. The summed E-state index contributed by atoms with van der Waals surface area (Å²) in [5.74, 6) is 0.617. The van der Waals surface area contributed by atoms with E-state index in [-0.39, 0.29) is 11.9 Å². The molecule has 1 aliphatic carbocycles. The Morgan fingerprint density at radius 3 is 2.41 bits per heavy atom. The second-order valence-corrected chi connectivity index (χ2v) is 8.58. The first-order valence-electron chi connectivity index (χ1n) is 10.7. The highest BCUT2D eigenvalue weighted by atomic mass is 32.1. The van der Waals surface area contributed by atoms with E-state index in [4.69, 9.17) is 17.3 Å². The molecule has 4 aromatic rings. The van der Waals surface area contributed by atoms with E-state index in [1.807, 2.05) is 60.4 Å². The van der Waals surface area contributed by atoms with Crippen molar-refractivity contribution < 1.29 is 4.39 Å². The average molecular weight is 446 g/mol. The van der Waals surface area contributed by atoms with Gasteiger partial charge >= 0.3 is 0 Å². The Kier molecular flexibility index (Phi) is 5.68. The molecule has 2 heterocycles. The van der Waals surface area contributed by atoms with Crippen molar-refractivity contribution in [3.8, 4) is 11.4 Å². The van der Waals surface area contributed by atoms with E-state index in [0.717, 1.165) is 35.4 Å². The third-order valence-corrected chi connectivity index (χ3v) is 6.21. The molecular formula is C25H24FN5S. The minimum atomic E-state index is -0.241. The van der Waals surface area contributed by atoms with Crippen LogP contribution in [0.3, 0.4) is 0 Å². The predicted octanol–water partition coefficient (Wildman–Crippen LogP) is 5.63. The van der Waals surface area contributed by atoms with Crippen molar-refractivity contribution in [3.05, 3.63) is 101 Å². The molecule has 5 nitrogen and oxygen atoms in total. The van der Waals surface area contributed by atoms with Crippen LogP contribution in [0.4, 0.5) is 4.39 Å². The van der Waals surface area contributed by atoms with Crippen LogP contribution in [-0.2, 0) is 6.67 Å². The van der Waals surface area contributed by atoms with Gasteiger partial charge in [0.05, 0.1) is 12.7 Å². The van der Waals surface area contributed by atoms with Gasteiger partial charge in [-0.05, 0) is 67.5 Å². The maximum atomic E-state index is 13.6. The predicted molar refractivity (Wildman–Crippen MR) is 125 cm³/mol. The van der Waals surface area contributed by atoms with Gasteiger partial charge in [-0.1, -0.05) is 42.5 Å². The van der Waals surface area contributed by atoms with Crippen LogP contribution in [0.2, 0.25) is 0 Å². The molecule has 0 saturated heterocycles. The Bertz CT molecular complexity index is 1250. The van der Waals surface area contributed by atoms with Crippen molar-refractivity contribution in [1.82, 2.24) is 24.2 Å². The number of hydrogen-bond donors (Lipinski definition) is 0. The van der Waals surface area contributed by atoms with Crippen molar-refractivity contribution in [3.63, 3.8) is 0 Å². The van der Waals surface area contributed by atoms with Gasteiger partial charge in [0.2, 0.25) is 0 Å². The van der Waals surface area contributed by atoms with E-state index in [1.54, 1.807) is 6.20 Å². The first-order chi connectivity index (χ1) is 15.6. The van der Waals surface area contributed by atoms with Crippen LogP contribution in [0.5, 0.6) is 0 Å². The van der Waals surface area contributed by atoms with Crippen LogP contribution >= 0.6 is 12.2 Å². The Labute approximate surface area is 191 Å². The summed E-state index contributed by atoms with van der Waals surface area (Å²) in [6, 6.07) is 21.2. The van der Waals surface area contributed by atoms with E-state index in [9.17, 15) is 4.39 Å². The van der Waals surface area contributed by atoms with Gasteiger partial charge in [-0.25, -0.2) is 9.07 Å². The van der Waals surface area contributed by atoms with Gasteiger partial charge in [0, 0.05) is 24.0 Å². The van der Waals surface area contributed by atoms with E-state index >= 15 is 0 Å². The Hall–Kier alpha value is -3.16. The van der Waals surface area contributed by atoms with E-state index in [1.165, 1.54) is 12.1 Å². The normalized spacial score (nSPS) is 14.6. The molecule has 0 N–H and O–H groups in total. The molecule has 32 heavy (non-hydrogen) atoms. The number of aromatic nitrogens is 4. The van der Waals surface area contributed by atoms with E-state index < -0.39 is 0 Å². The number of benzene rings is 2. The summed E-state index contributed by atoms with van der Waals surface area (Å²) in [6.45, 7) is 0.503. The summed E-state index contributed by atoms with van der Waals surface area (Å²) in [4.78, 5) is 6.45. The first kappa shape index (κ1) is 20.7. The zero-order chi connectivity index (χ0) is 22.1. The lowest BCUT2D eigenvalue weighted by molar-refractivity contribution is 0.207. The SMILES string of the molecule is CN(Cn1nc(-c2cccnc2)n(C2CC2)c1=S)C(c1ccccc1)c1ccc(F)cc1. The molecule has 5 rings (SSSR count). The zero-order valence-corrected chi connectivity index (χ0v) is 18.6. The molecule has 0 aliphatic heterocycles. The van der Waals surface area contributed by atoms with Crippen LogP contribution in [0.25, 0.3) is 11.4 Å². The molecule has 0 amide bonds. The molecule has 7 heteroatoms. The topological polar surface area (TPSA) is 38.9 Å². The fourth-order valence-corrected chi connectivity index (χ4v) is 4.47. The quantitative estimate of drug-likeness (QED) is 0.346. The second kappa shape index (κ2) is 8.76. The van der Waals surface area contributed by atoms with Crippen LogP contribution in [0, 0.1) is 10.6 Å². The van der Waals surface area contributed by atoms with Gasteiger partial charge < -0.3 is 0 Å². The van der Waals surface area contributed by atoms with E-state index in [0.29, 0.717) is 17.5 Å². The van der Waals surface area contributed by atoms with Gasteiger partial charge in [-0.2, -0.15) is 5.10 Å². The number of rotatable bonds is 7. The Morgan fingerprint density at radius 1 is 1.03 bits per heavy atom. The van der Waals surface area contributed by atoms with Crippen molar-refractivity contribution in [2.75, 3.05) is 7.05 Å². The largest absolute Gasteiger partial charge is 0.297 e. The number of halogens is 1. The summed E-state index contributed by atoms with van der Waals surface area (Å²) in [6.07, 6.45) is 5.82. The molecule has 1 atom stereocenters. The van der Waals surface area contributed by atoms with E-state index in [2.05, 4.69) is 26.6 Å². The Balaban J connectivity index is 1.52. The third kappa shape index (κ3) is 4.13. The van der Waals surface area contributed by atoms with Crippen LogP contribution in [0.15, 0.2) is 79.1 Å². The average Bonchev–Trinajstić information content (AvgIpc) is 3.61. The van der Waals surface area contributed by atoms with Crippen LogP contribution in [0.1, 0.15) is 36.1 Å². The molecule has 1 saturated carbocycles. The number of pyridine rings is 1. The van der Waals surface area contributed by atoms with Gasteiger partial charge in [-0.3, -0.25) is 14.5 Å². The minimum Gasteiger partial charge on any atom is -0.297 e. The monoisotopic (exact) mass is 445 g/mol. The summed E-state index contributed by atoms with van der Waals surface area (Å²) in [5, 5.41) is 4.90. The van der Waals surface area contributed by atoms with Crippen LogP contribution < -0.4 is 0 Å². The zero-order valence-electron chi connectivity index (χ0n) is 17.8. The molecular weight excluding hydrogens is 421 g/mol. The summed E-state index contributed by atoms with van der Waals surface area (Å²) in [7, 11) is 2.04. The number of hydrogen-bond acceptors (Lipinski definition) is 4. The molecule has 2 aromatic heterocycles. The van der Waals surface area contributed by atoms with Crippen molar-refractivity contribution in [2.24, 2.45) is 0 Å². The second-order valence-electron chi connectivity index (χ2n) is 8.21. The lowest BCUT2D eigenvalue weighted by atomic mass is 9.98. The maximum Gasteiger partial charge on any atom is 0.199 e. The van der Waals surface area contributed by atoms with Gasteiger partial charge in [0.25, 0.3) is 0 Å². The summed E-state index contributed by atoms with van der Waals surface area (Å²) >= 11 is 5.85. The lowest BCUT2D eigenvalue weighted by Crippen LogP contribution is -2.28. The maximum absolute atomic E-state index is 13.6. The molecule has 0 bridgehead atoms. The molecule has 0 spiro atoms. The first-order valence-corrected chi connectivity index (χ1v) is 11.1. The highest BCUT2D eigenvalue weighted by molar-refractivity contribution is 7.71. The highest BCUT2D eigenvalue weighted by Gasteiger charge is 2.30. The third-order valence-electron chi connectivity index (χ3n) is 5.80. The standard InChI is InChI=1S/C25H24FN5S/c1-29(23(18-6-3-2-4-7-18)19-9-11-21(26)12-10-19)17-30-25(32)31(22-13-14-22)24(28-30)20-8-5-15-27-16-20/h2-12,15-16,22-23H,13-14,17H2,1H3. The molecule has 162 valence electrons. The lowest BCUT2D eigenvalue weighted by Gasteiger charge is -2.28. The number of nitrogens with zero attached hydrogens (tertiary/aromatic N) is 5. The molecule has 1 aliphatic rings. The summed E-state index contributed by atoms with van der Waals surface area (Å²) < 4.78 is 18.4. The van der Waals surface area contributed by atoms with Crippen LogP contribution in [-0.4, -0.2) is 31.3 Å². The van der Waals surface area contributed by atoms with Crippen molar-refractivity contribution in [2.45, 2.75) is 31.6 Å². The van der Waals surface area contributed by atoms with Gasteiger partial charge in [0.1, 0.15) is 5.82 Å². The van der Waals surface area contributed by atoms with Gasteiger partial charge in [0.15, 0.2) is 10.6 Å². The van der Waals surface area contributed by atoms with Crippen molar-refractivity contribution in [1.29, 1.82) is 0 Å². The summed E-state index contributed by atoms with van der Waals surface area (Å²) in [5.41, 5.74) is 3.10. The molecule has 1 fully saturated rings. The molecule has 0 radical (unpaired) electrons. The Morgan fingerprint density at radius 2 is 1.75 bits per heavy atom. The highest BCUT2D eigenvalue weighted by Crippen LogP contribution is 2.38. The fraction of sp³-hybridized carbons (Fsp3) is 0.240. The van der Waals surface area contributed by atoms with Crippen molar-refractivity contribution >= 4 is 12.2 Å². The smallest absolute Gasteiger partial charge is 0.199 e. The van der Waals surface area contributed by atoms with Gasteiger partial charge in [-0.15, -0.1) is 0 Å². The minimum absolute atomic E-state index is 0.0633.